The molecule has 2 rings (SSSR count). The van der Waals surface area contributed by atoms with Crippen LogP contribution in [0.1, 0.15) is 0 Å². The van der Waals surface area contributed by atoms with Crippen LogP contribution in [0.3, 0.4) is 0 Å². The first-order chi connectivity index (χ1) is 8.08. The van der Waals surface area contributed by atoms with Gasteiger partial charge in [-0.2, -0.15) is 0 Å². The number of pyridine rings is 1. The van der Waals surface area contributed by atoms with Crippen LogP contribution in [0.15, 0.2) is 30.5 Å². The summed E-state index contributed by atoms with van der Waals surface area (Å²) in [5.74, 6) is -1.57. The lowest BCUT2D eigenvalue weighted by atomic mass is 10.3. The van der Waals surface area contributed by atoms with Crippen molar-refractivity contribution >= 4 is 28.8 Å². The zero-order valence-corrected chi connectivity index (χ0v) is 9.30. The number of hydrogen-bond donors (Lipinski definition) is 2. The molecule has 17 heavy (non-hydrogen) atoms. The van der Waals surface area contributed by atoms with Crippen molar-refractivity contribution in [3.05, 3.63) is 47.1 Å². The van der Waals surface area contributed by atoms with Crippen LogP contribution in [-0.2, 0) is 0 Å². The molecule has 3 nitrogen and oxygen atoms in total. The summed E-state index contributed by atoms with van der Waals surface area (Å²) in [5, 5.41) is 3.09. The Bertz CT molecular complexity index is 560. The van der Waals surface area contributed by atoms with Gasteiger partial charge in [0.1, 0.15) is 0 Å². The smallest absolute Gasteiger partial charge is 0.160 e. The van der Waals surface area contributed by atoms with E-state index in [9.17, 15) is 8.78 Å². The number of nitrogens with one attached hydrogen (secondary N) is 1. The van der Waals surface area contributed by atoms with Crippen LogP contribution >= 0.6 is 11.6 Å². The fourth-order valence-corrected chi connectivity index (χ4v) is 1.41. The summed E-state index contributed by atoms with van der Waals surface area (Å²) in [6, 6.07) is 4.93. The third-order valence-corrected chi connectivity index (χ3v) is 2.45. The minimum atomic E-state index is -0.949. The molecule has 0 aliphatic rings. The van der Waals surface area contributed by atoms with Gasteiger partial charge in [-0.1, -0.05) is 11.6 Å². The summed E-state index contributed by atoms with van der Waals surface area (Å²) in [7, 11) is 0. The van der Waals surface area contributed by atoms with Crippen molar-refractivity contribution in [2.24, 2.45) is 0 Å². The van der Waals surface area contributed by atoms with Crippen LogP contribution in [0, 0.1) is 11.6 Å². The van der Waals surface area contributed by atoms with Gasteiger partial charge in [-0.05, 0) is 18.2 Å². The van der Waals surface area contributed by atoms with Gasteiger partial charge in [0, 0.05) is 18.0 Å². The second-order valence-corrected chi connectivity index (χ2v) is 3.72. The molecule has 88 valence electrons. The molecule has 0 aliphatic heterocycles. The van der Waals surface area contributed by atoms with Crippen molar-refractivity contribution in [2.75, 3.05) is 11.1 Å². The molecule has 3 N–H and O–H groups in total. The van der Waals surface area contributed by atoms with Gasteiger partial charge in [0.2, 0.25) is 0 Å². The van der Waals surface area contributed by atoms with Gasteiger partial charge in [0.25, 0.3) is 0 Å². The highest BCUT2D eigenvalue weighted by Gasteiger charge is 2.07. The minimum absolute atomic E-state index is 0.249. The van der Waals surface area contributed by atoms with Gasteiger partial charge in [0.15, 0.2) is 17.5 Å². The molecule has 1 aromatic carbocycles. The van der Waals surface area contributed by atoms with Crippen LogP contribution in [0.5, 0.6) is 0 Å². The Morgan fingerprint density at radius 1 is 1.18 bits per heavy atom. The summed E-state index contributed by atoms with van der Waals surface area (Å²) < 4.78 is 25.7. The predicted molar refractivity (Wildman–Crippen MR) is 63.3 cm³/mol. The Kier molecular flexibility index (Phi) is 3.10. The second kappa shape index (κ2) is 4.55. The molecule has 0 fully saturated rings. The van der Waals surface area contributed by atoms with E-state index in [4.69, 9.17) is 17.3 Å². The van der Waals surface area contributed by atoms with Crippen LogP contribution in [0.25, 0.3) is 0 Å². The molecule has 0 spiro atoms. The van der Waals surface area contributed by atoms with Crippen molar-refractivity contribution in [1.82, 2.24) is 4.98 Å². The molecule has 1 aromatic heterocycles. The van der Waals surface area contributed by atoms with Gasteiger partial charge in [0.05, 0.1) is 10.7 Å². The summed E-state index contributed by atoms with van der Waals surface area (Å²) in [4.78, 5) is 3.95. The maximum Gasteiger partial charge on any atom is 0.160 e. The van der Waals surface area contributed by atoms with Crippen LogP contribution in [-0.4, -0.2) is 4.98 Å². The fraction of sp³-hybridized carbons (Fsp3) is 0. The molecule has 0 radical (unpaired) electrons. The lowest BCUT2D eigenvalue weighted by Gasteiger charge is -2.09. The van der Waals surface area contributed by atoms with Crippen molar-refractivity contribution in [3.8, 4) is 0 Å². The quantitative estimate of drug-likeness (QED) is 0.865. The van der Waals surface area contributed by atoms with Crippen LogP contribution < -0.4 is 11.1 Å². The van der Waals surface area contributed by atoms with Gasteiger partial charge in [-0.3, -0.25) is 0 Å². The number of benzene rings is 1. The molecule has 0 saturated carbocycles. The number of hydrogen-bond acceptors (Lipinski definition) is 3. The Labute approximate surface area is 101 Å². The predicted octanol–water partition coefficient (Wildman–Crippen LogP) is 3.34. The van der Waals surface area contributed by atoms with E-state index in [1.165, 1.54) is 18.3 Å². The third-order valence-electron chi connectivity index (χ3n) is 2.12. The van der Waals surface area contributed by atoms with Crippen LogP contribution in [0.4, 0.5) is 26.0 Å². The molecule has 0 aliphatic carbocycles. The first-order valence-corrected chi connectivity index (χ1v) is 5.08. The largest absolute Gasteiger partial charge is 0.395 e. The molecule has 0 unspecified atom stereocenters. The lowest BCUT2D eigenvalue weighted by Crippen LogP contribution is -2.00. The standard InChI is InChI=1S/C11H8ClF2N3/c12-7-3-4-16-11(10(7)15)17-6-1-2-8(13)9(14)5-6/h1-5H,15H2,(H,16,17). The second-order valence-electron chi connectivity index (χ2n) is 3.31. The normalized spacial score (nSPS) is 10.3. The molecular formula is C11H8ClF2N3. The fourth-order valence-electron chi connectivity index (χ4n) is 1.26. The SMILES string of the molecule is Nc1c(Cl)ccnc1Nc1ccc(F)c(F)c1. The highest BCUT2D eigenvalue weighted by Crippen LogP contribution is 2.27. The zero-order valence-electron chi connectivity index (χ0n) is 8.55. The van der Waals surface area contributed by atoms with Gasteiger partial charge in [-0.25, -0.2) is 13.8 Å². The molecule has 0 amide bonds. The van der Waals surface area contributed by atoms with Gasteiger partial charge >= 0.3 is 0 Å². The molecule has 0 saturated heterocycles. The molecular weight excluding hydrogens is 248 g/mol. The molecule has 2 aromatic rings. The monoisotopic (exact) mass is 255 g/mol. The molecule has 6 heteroatoms. The van der Waals surface area contributed by atoms with Crippen molar-refractivity contribution in [3.63, 3.8) is 0 Å². The average Bonchev–Trinajstić information content (AvgIpc) is 2.30. The molecule has 1 heterocycles. The van der Waals surface area contributed by atoms with Crippen molar-refractivity contribution in [2.45, 2.75) is 0 Å². The number of nitrogens with two attached hydrogens (primary N) is 1. The van der Waals surface area contributed by atoms with E-state index in [-0.39, 0.29) is 5.69 Å². The maximum atomic E-state index is 13.0. The summed E-state index contributed by atoms with van der Waals surface area (Å²) in [6.45, 7) is 0. The molecule has 0 bridgehead atoms. The summed E-state index contributed by atoms with van der Waals surface area (Å²) >= 11 is 5.80. The number of nitrogens with zero attached hydrogens (tertiary/aromatic N) is 1. The van der Waals surface area contributed by atoms with E-state index in [0.717, 1.165) is 12.1 Å². The Hall–Kier alpha value is -1.88. The number of nitrogen functional groups attached to an aromatic ring is 1. The minimum Gasteiger partial charge on any atom is -0.395 e. The average molecular weight is 256 g/mol. The summed E-state index contributed by atoms with van der Waals surface area (Å²) in [5.41, 5.74) is 6.26. The number of rotatable bonds is 2. The number of halogens is 3. The zero-order chi connectivity index (χ0) is 12.4. The van der Waals surface area contributed by atoms with Crippen molar-refractivity contribution in [1.29, 1.82) is 0 Å². The number of anilines is 3. The van der Waals surface area contributed by atoms with E-state index in [0.29, 0.717) is 16.5 Å². The van der Waals surface area contributed by atoms with E-state index >= 15 is 0 Å². The van der Waals surface area contributed by atoms with E-state index in [1.54, 1.807) is 0 Å². The first kappa shape index (κ1) is 11.6. The maximum absolute atomic E-state index is 13.0. The topological polar surface area (TPSA) is 50.9 Å². The molecule has 0 atom stereocenters. The lowest BCUT2D eigenvalue weighted by molar-refractivity contribution is 0.509. The Morgan fingerprint density at radius 3 is 2.65 bits per heavy atom. The summed E-state index contributed by atoms with van der Waals surface area (Å²) in [6.07, 6.45) is 1.46. The van der Waals surface area contributed by atoms with E-state index < -0.39 is 11.6 Å². The third kappa shape index (κ3) is 2.45. The van der Waals surface area contributed by atoms with Crippen LogP contribution in [0.2, 0.25) is 5.02 Å². The highest BCUT2D eigenvalue weighted by atomic mass is 35.5. The van der Waals surface area contributed by atoms with E-state index in [2.05, 4.69) is 10.3 Å². The van der Waals surface area contributed by atoms with E-state index in [1.807, 2.05) is 0 Å². The first-order valence-electron chi connectivity index (χ1n) is 4.70. The van der Waals surface area contributed by atoms with Crippen molar-refractivity contribution < 1.29 is 8.78 Å². The number of aromatic nitrogens is 1. The van der Waals surface area contributed by atoms with Gasteiger partial charge in [-0.15, -0.1) is 0 Å². The Morgan fingerprint density at radius 2 is 1.94 bits per heavy atom. The highest BCUT2D eigenvalue weighted by molar-refractivity contribution is 6.33. The van der Waals surface area contributed by atoms with Gasteiger partial charge < -0.3 is 11.1 Å². The Balaban J connectivity index is 2.31.